The van der Waals surface area contributed by atoms with Crippen LogP contribution in [0.4, 0.5) is 5.69 Å². The van der Waals surface area contributed by atoms with Crippen molar-refractivity contribution in [2.45, 2.75) is 13.1 Å². The molecule has 1 aromatic carbocycles. The van der Waals surface area contributed by atoms with E-state index in [0.29, 0.717) is 6.54 Å². The van der Waals surface area contributed by atoms with Crippen LogP contribution in [-0.4, -0.2) is 29.8 Å². The Balaban J connectivity index is 1.98. The van der Waals surface area contributed by atoms with Crippen LogP contribution in [0.1, 0.15) is 5.56 Å². The molecule has 0 saturated heterocycles. The van der Waals surface area contributed by atoms with Gasteiger partial charge >= 0.3 is 0 Å². The maximum atomic E-state index is 11.3. The van der Waals surface area contributed by atoms with Crippen LogP contribution in [0.15, 0.2) is 35.1 Å². The number of rotatable bonds is 6. The monoisotopic (exact) mass is 352 g/mol. The molecule has 0 unspecified atom stereocenters. The van der Waals surface area contributed by atoms with Crippen molar-refractivity contribution >= 4 is 27.5 Å². The van der Waals surface area contributed by atoms with Crippen LogP contribution in [0.2, 0.25) is 0 Å². The molecule has 0 spiro atoms. The highest BCUT2D eigenvalue weighted by molar-refractivity contribution is 9.10. The molecule has 1 heterocycles. The number of halogens is 1. The van der Waals surface area contributed by atoms with E-state index < -0.39 is 0 Å². The minimum Gasteiger partial charge on any atom is -0.497 e. The van der Waals surface area contributed by atoms with E-state index in [1.807, 2.05) is 18.2 Å². The van der Waals surface area contributed by atoms with Gasteiger partial charge in [-0.25, -0.2) is 0 Å². The summed E-state index contributed by atoms with van der Waals surface area (Å²) in [5.74, 6) is 0.727. The lowest BCUT2D eigenvalue weighted by atomic mass is 10.2. The van der Waals surface area contributed by atoms with Gasteiger partial charge in [-0.05, 0) is 23.8 Å². The molecule has 21 heavy (non-hydrogen) atoms. The zero-order chi connectivity index (χ0) is 15.2. The molecular formula is C14H17BrN4O2. The molecule has 0 atom stereocenters. The maximum Gasteiger partial charge on any atom is 0.241 e. The predicted octanol–water partition coefficient (Wildman–Crippen LogP) is 2.01. The Kier molecular flexibility index (Phi) is 5.21. The Bertz CT molecular complexity index is 627. The van der Waals surface area contributed by atoms with E-state index in [4.69, 9.17) is 4.74 Å². The van der Waals surface area contributed by atoms with E-state index in [9.17, 15) is 4.79 Å². The first-order valence-corrected chi connectivity index (χ1v) is 7.21. The Labute approximate surface area is 131 Å². The topological polar surface area (TPSA) is 68.2 Å². The van der Waals surface area contributed by atoms with Gasteiger partial charge in [-0.15, -0.1) is 0 Å². The van der Waals surface area contributed by atoms with E-state index in [1.165, 1.54) is 0 Å². The Hall–Kier alpha value is -2.02. The molecule has 2 aromatic rings. The second kappa shape index (κ2) is 7.12. The molecule has 0 saturated carbocycles. The average Bonchev–Trinajstić information content (AvgIpc) is 2.93. The SMILES string of the molecule is CNC(=O)Cn1cc(NCc2cc(OC)ccc2Br)cn1. The van der Waals surface area contributed by atoms with Crippen LogP contribution in [0, 0.1) is 0 Å². The molecule has 0 fully saturated rings. The fraction of sp³-hybridized carbons (Fsp3) is 0.286. The molecule has 0 aliphatic carbocycles. The average molecular weight is 353 g/mol. The summed E-state index contributed by atoms with van der Waals surface area (Å²) in [6.45, 7) is 0.838. The van der Waals surface area contributed by atoms with Gasteiger partial charge in [0.25, 0.3) is 0 Å². The standard InChI is InChI=1S/C14H17BrN4O2/c1-16-14(20)9-19-8-11(7-18-19)17-6-10-5-12(21-2)3-4-13(10)15/h3-5,7-8,17H,6,9H2,1-2H3,(H,16,20). The fourth-order valence-corrected chi connectivity index (χ4v) is 2.17. The van der Waals surface area contributed by atoms with E-state index >= 15 is 0 Å². The number of likely N-dealkylation sites (N-methyl/N-ethyl adjacent to an activating group) is 1. The maximum absolute atomic E-state index is 11.3. The van der Waals surface area contributed by atoms with E-state index in [0.717, 1.165) is 21.5 Å². The summed E-state index contributed by atoms with van der Waals surface area (Å²) in [7, 11) is 3.24. The minimum absolute atomic E-state index is 0.0832. The van der Waals surface area contributed by atoms with E-state index in [1.54, 1.807) is 31.2 Å². The summed E-state index contributed by atoms with van der Waals surface area (Å²) in [4.78, 5) is 11.3. The van der Waals surface area contributed by atoms with Gasteiger partial charge < -0.3 is 15.4 Å². The number of anilines is 1. The van der Waals surface area contributed by atoms with Crippen molar-refractivity contribution in [1.82, 2.24) is 15.1 Å². The molecule has 6 nitrogen and oxygen atoms in total. The van der Waals surface area contributed by atoms with Gasteiger partial charge in [0.15, 0.2) is 0 Å². The third-order valence-corrected chi connectivity index (χ3v) is 3.73. The lowest BCUT2D eigenvalue weighted by molar-refractivity contribution is -0.121. The largest absolute Gasteiger partial charge is 0.497 e. The molecule has 1 amide bonds. The molecule has 0 radical (unpaired) electrons. The first-order chi connectivity index (χ1) is 10.1. The van der Waals surface area contributed by atoms with Gasteiger partial charge in [-0.3, -0.25) is 9.48 Å². The summed E-state index contributed by atoms with van der Waals surface area (Å²) in [6.07, 6.45) is 3.49. The molecule has 0 aliphatic rings. The van der Waals surface area contributed by atoms with E-state index in [-0.39, 0.29) is 12.5 Å². The van der Waals surface area contributed by atoms with Crippen molar-refractivity contribution in [2.24, 2.45) is 0 Å². The van der Waals surface area contributed by atoms with Crippen LogP contribution in [0.3, 0.4) is 0 Å². The highest BCUT2D eigenvalue weighted by atomic mass is 79.9. The number of ether oxygens (including phenoxy) is 1. The van der Waals surface area contributed by atoms with E-state index in [2.05, 4.69) is 31.7 Å². The quantitative estimate of drug-likeness (QED) is 0.834. The molecule has 0 aliphatic heterocycles. The molecule has 2 rings (SSSR count). The van der Waals surface area contributed by atoms with Crippen LogP contribution in [-0.2, 0) is 17.9 Å². The highest BCUT2D eigenvalue weighted by Crippen LogP contribution is 2.23. The Morgan fingerprint density at radius 3 is 3.00 bits per heavy atom. The van der Waals surface area contributed by atoms with Gasteiger partial charge in [0.05, 0.1) is 19.0 Å². The normalized spacial score (nSPS) is 10.2. The lowest BCUT2D eigenvalue weighted by Crippen LogP contribution is -2.23. The number of benzene rings is 1. The van der Waals surface area contributed by atoms with Gasteiger partial charge in [0.2, 0.25) is 5.91 Å². The van der Waals surface area contributed by atoms with Crippen molar-refractivity contribution in [3.05, 3.63) is 40.6 Å². The zero-order valence-electron chi connectivity index (χ0n) is 11.9. The summed E-state index contributed by atoms with van der Waals surface area (Å²) >= 11 is 3.51. The Morgan fingerprint density at radius 2 is 2.29 bits per heavy atom. The van der Waals surface area contributed by atoms with Gasteiger partial charge in [0.1, 0.15) is 12.3 Å². The van der Waals surface area contributed by atoms with Crippen LogP contribution >= 0.6 is 15.9 Å². The van der Waals surface area contributed by atoms with Gasteiger partial charge in [-0.1, -0.05) is 15.9 Å². The lowest BCUT2D eigenvalue weighted by Gasteiger charge is -2.08. The van der Waals surface area contributed by atoms with Crippen LogP contribution in [0.5, 0.6) is 5.75 Å². The van der Waals surface area contributed by atoms with Crippen molar-refractivity contribution in [2.75, 3.05) is 19.5 Å². The number of carbonyl (C=O) groups excluding carboxylic acids is 1. The molecule has 7 heteroatoms. The summed E-state index contributed by atoms with van der Waals surface area (Å²) in [5.41, 5.74) is 1.93. The number of carbonyl (C=O) groups is 1. The van der Waals surface area contributed by atoms with Crippen molar-refractivity contribution in [1.29, 1.82) is 0 Å². The first-order valence-electron chi connectivity index (χ1n) is 6.41. The van der Waals surface area contributed by atoms with Crippen molar-refractivity contribution in [3.63, 3.8) is 0 Å². The summed E-state index contributed by atoms with van der Waals surface area (Å²) in [6, 6.07) is 5.81. The second-order valence-corrected chi connectivity index (χ2v) is 5.26. The van der Waals surface area contributed by atoms with Gasteiger partial charge in [-0.2, -0.15) is 5.10 Å². The third-order valence-electron chi connectivity index (χ3n) is 2.95. The van der Waals surface area contributed by atoms with Crippen LogP contribution < -0.4 is 15.4 Å². The van der Waals surface area contributed by atoms with Crippen molar-refractivity contribution < 1.29 is 9.53 Å². The number of nitrogens with zero attached hydrogens (tertiary/aromatic N) is 2. The molecule has 2 N–H and O–H groups in total. The Morgan fingerprint density at radius 1 is 1.48 bits per heavy atom. The number of methoxy groups -OCH3 is 1. The molecule has 1 aromatic heterocycles. The van der Waals surface area contributed by atoms with Crippen LogP contribution in [0.25, 0.3) is 0 Å². The smallest absolute Gasteiger partial charge is 0.241 e. The number of hydrogen-bond acceptors (Lipinski definition) is 4. The molecule has 112 valence electrons. The second-order valence-electron chi connectivity index (χ2n) is 4.41. The summed E-state index contributed by atoms with van der Waals surface area (Å²) < 4.78 is 7.81. The van der Waals surface area contributed by atoms with Crippen molar-refractivity contribution in [3.8, 4) is 5.75 Å². The fourth-order valence-electron chi connectivity index (χ4n) is 1.78. The predicted molar refractivity (Wildman–Crippen MR) is 84.3 cm³/mol. The number of amides is 1. The first kappa shape index (κ1) is 15.4. The third kappa shape index (κ3) is 4.22. The number of aromatic nitrogens is 2. The highest BCUT2D eigenvalue weighted by Gasteiger charge is 2.05. The molecular weight excluding hydrogens is 336 g/mol. The zero-order valence-corrected chi connectivity index (χ0v) is 13.5. The minimum atomic E-state index is -0.0832. The van der Waals surface area contributed by atoms with Gasteiger partial charge in [0, 0.05) is 24.3 Å². The summed E-state index contributed by atoms with van der Waals surface area (Å²) in [5, 5.41) is 9.95. The number of nitrogens with one attached hydrogen (secondary N) is 2. The molecule has 0 bridgehead atoms. The number of hydrogen-bond donors (Lipinski definition) is 2.